The number of nitrogens with zero attached hydrogens (tertiary/aromatic N) is 1. The highest BCUT2D eigenvalue weighted by Gasteiger charge is 2.03. The van der Waals surface area contributed by atoms with Crippen molar-refractivity contribution < 1.29 is 14.3 Å². The van der Waals surface area contributed by atoms with Gasteiger partial charge in [0.1, 0.15) is 6.61 Å². The monoisotopic (exact) mass is 265 g/mol. The van der Waals surface area contributed by atoms with Crippen LogP contribution in [-0.4, -0.2) is 44.3 Å². The second kappa shape index (κ2) is 8.67. The third-order valence-corrected chi connectivity index (χ3v) is 2.72. The maximum absolute atomic E-state index is 11.0. The van der Waals surface area contributed by atoms with Crippen molar-refractivity contribution in [3.63, 3.8) is 0 Å². The van der Waals surface area contributed by atoms with E-state index in [4.69, 9.17) is 9.47 Å². The zero-order valence-electron chi connectivity index (χ0n) is 12.0. The molecule has 0 fully saturated rings. The molecular formula is C15H23NO3. The van der Waals surface area contributed by atoms with E-state index >= 15 is 0 Å². The van der Waals surface area contributed by atoms with Gasteiger partial charge in [-0.15, -0.1) is 0 Å². The lowest BCUT2D eigenvalue weighted by atomic mass is 10.1. The fourth-order valence-electron chi connectivity index (χ4n) is 1.66. The molecule has 0 amide bonds. The molecule has 0 aliphatic rings. The molecule has 106 valence electrons. The van der Waals surface area contributed by atoms with E-state index in [-0.39, 0.29) is 12.6 Å². The molecule has 19 heavy (non-hydrogen) atoms. The van der Waals surface area contributed by atoms with Crippen LogP contribution >= 0.6 is 0 Å². The molecule has 0 unspecified atom stereocenters. The summed E-state index contributed by atoms with van der Waals surface area (Å²) in [4.78, 5) is 13.2. The summed E-state index contributed by atoms with van der Waals surface area (Å²) >= 11 is 0. The Bertz CT molecular complexity index is 375. The SMILES string of the molecule is CCOC(=O)COCCN(C)Cc1ccc(C)cc1. The first kappa shape index (κ1) is 15.7. The molecule has 0 atom stereocenters. The number of hydrogen-bond acceptors (Lipinski definition) is 4. The van der Waals surface area contributed by atoms with E-state index in [0.717, 1.165) is 13.1 Å². The molecule has 0 N–H and O–H groups in total. The van der Waals surface area contributed by atoms with Crippen molar-refractivity contribution in [3.8, 4) is 0 Å². The standard InChI is InChI=1S/C15H23NO3/c1-4-19-15(17)12-18-10-9-16(3)11-14-7-5-13(2)6-8-14/h5-8H,4,9-12H2,1-3H3. The number of carbonyl (C=O) groups excluding carboxylic acids is 1. The summed E-state index contributed by atoms with van der Waals surface area (Å²) in [5.41, 5.74) is 2.54. The number of benzene rings is 1. The van der Waals surface area contributed by atoms with Gasteiger partial charge in [-0.3, -0.25) is 4.90 Å². The molecule has 1 aromatic carbocycles. The van der Waals surface area contributed by atoms with Crippen LogP contribution in [0.25, 0.3) is 0 Å². The van der Waals surface area contributed by atoms with Gasteiger partial charge in [0.25, 0.3) is 0 Å². The highest BCUT2D eigenvalue weighted by Crippen LogP contribution is 2.05. The Hall–Kier alpha value is -1.39. The minimum Gasteiger partial charge on any atom is -0.464 e. The Morgan fingerprint density at radius 3 is 2.58 bits per heavy atom. The molecule has 4 heteroatoms. The second-order valence-corrected chi connectivity index (χ2v) is 4.58. The predicted octanol–water partition coefficient (Wildman–Crippen LogP) is 2.01. The van der Waals surface area contributed by atoms with Crippen LogP contribution in [0.2, 0.25) is 0 Å². The van der Waals surface area contributed by atoms with Gasteiger partial charge in [-0.2, -0.15) is 0 Å². The summed E-state index contributed by atoms with van der Waals surface area (Å²) in [5, 5.41) is 0. The Morgan fingerprint density at radius 1 is 1.26 bits per heavy atom. The lowest BCUT2D eigenvalue weighted by Gasteiger charge is -2.16. The fourth-order valence-corrected chi connectivity index (χ4v) is 1.66. The fraction of sp³-hybridized carbons (Fsp3) is 0.533. The van der Waals surface area contributed by atoms with Crippen LogP contribution in [0.1, 0.15) is 18.1 Å². The number of esters is 1. The van der Waals surface area contributed by atoms with Gasteiger partial charge < -0.3 is 9.47 Å². The normalized spacial score (nSPS) is 10.7. The minimum absolute atomic E-state index is 0.0339. The zero-order chi connectivity index (χ0) is 14.1. The highest BCUT2D eigenvalue weighted by molar-refractivity contribution is 5.70. The molecule has 0 aromatic heterocycles. The van der Waals surface area contributed by atoms with Crippen molar-refractivity contribution in [1.82, 2.24) is 4.90 Å². The summed E-state index contributed by atoms with van der Waals surface area (Å²) in [6, 6.07) is 8.48. The molecule has 0 spiro atoms. The summed E-state index contributed by atoms with van der Waals surface area (Å²) in [6.45, 7) is 6.49. The van der Waals surface area contributed by atoms with E-state index in [1.54, 1.807) is 6.92 Å². The molecule has 0 aliphatic heterocycles. The number of ether oxygens (including phenoxy) is 2. The van der Waals surface area contributed by atoms with Crippen LogP contribution < -0.4 is 0 Å². The van der Waals surface area contributed by atoms with Gasteiger partial charge in [0.15, 0.2) is 0 Å². The van der Waals surface area contributed by atoms with E-state index in [2.05, 4.69) is 36.1 Å². The molecule has 0 bridgehead atoms. The van der Waals surface area contributed by atoms with E-state index < -0.39 is 0 Å². The molecular weight excluding hydrogens is 242 g/mol. The van der Waals surface area contributed by atoms with Crippen LogP contribution in [0.4, 0.5) is 0 Å². The van der Waals surface area contributed by atoms with E-state index in [9.17, 15) is 4.79 Å². The summed E-state index contributed by atoms with van der Waals surface area (Å²) < 4.78 is 10.0. The Morgan fingerprint density at radius 2 is 1.95 bits per heavy atom. The van der Waals surface area contributed by atoms with Crippen LogP contribution in [0.5, 0.6) is 0 Å². The van der Waals surface area contributed by atoms with E-state index in [1.165, 1.54) is 11.1 Å². The van der Waals surface area contributed by atoms with E-state index in [0.29, 0.717) is 13.2 Å². The maximum atomic E-state index is 11.0. The second-order valence-electron chi connectivity index (χ2n) is 4.58. The molecule has 4 nitrogen and oxygen atoms in total. The van der Waals surface area contributed by atoms with Gasteiger partial charge >= 0.3 is 5.97 Å². The first-order chi connectivity index (χ1) is 9.11. The molecule has 1 rings (SSSR count). The number of hydrogen-bond donors (Lipinski definition) is 0. The third-order valence-electron chi connectivity index (χ3n) is 2.72. The number of rotatable bonds is 8. The average Bonchev–Trinajstić information content (AvgIpc) is 2.38. The zero-order valence-corrected chi connectivity index (χ0v) is 12.0. The van der Waals surface area contributed by atoms with Gasteiger partial charge in [-0.25, -0.2) is 4.79 Å². The lowest BCUT2D eigenvalue weighted by molar-refractivity contribution is -0.148. The van der Waals surface area contributed by atoms with Crippen molar-refractivity contribution in [1.29, 1.82) is 0 Å². The average molecular weight is 265 g/mol. The van der Waals surface area contributed by atoms with Gasteiger partial charge in [0.2, 0.25) is 0 Å². The van der Waals surface area contributed by atoms with Crippen LogP contribution in [0.3, 0.4) is 0 Å². The van der Waals surface area contributed by atoms with Crippen LogP contribution in [0, 0.1) is 6.92 Å². The van der Waals surface area contributed by atoms with E-state index in [1.807, 2.05) is 7.05 Å². The van der Waals surface area contributed by atoms with Crippen molar-refractivity contribution in [2.24, 2.45) is 0 Å². The van der Waals surface area contributed by atoms with Gasteiger partial charge in [-0.05, 0) is 26.5 Å². The quantitative estimate of drug-likeness (QED) is 0.532. The van der Waals surface area contributed by atoms with Gasteiger partial charge in [0, 0.05) is 13.1 Å². The minimum atomic E-state index is -0.302. The summed E-state index contributed by atoms with van der Waals surface area (Å²) in [7, 11) is 2.04. The Labute approximate surface area is 115 Å². The largest absolute Gasteiger partial charge is 0.464 e. The number of likely N-dealkylation sites (N-methyl/N-ethyl adjacent to an activating group) is 1. The Balaban J connectivity index is 2.16. The molecule has 0 saturated carbocycles. The molecule has 1 aromatic rings. The first-order valence-electron chi connectivity index (χ1n) is 6.59. The first-order valence-corrected chi connectivity index (χ1v) is 6.59. The lowest BCUT2D eigenvalue weighted by Crippen LogP contribution is -2.24. The third kappa shape index (κ3) is 6.94. The summed E-state index contributed by atoms with van der Waals surface area (Å²) in [5.74, 6) is -0.302. The maximum Gasteiger partial charge on any atom is 0.332 e. The predicted molar refractivity (Wildman–Crippen MR) is 75.0 cm³/mol. The van der Waals surface area contributed by atoms with Crippen molar-refractivity contribution >= 4 is 5.97 Å². The van der Waals surface area contributed by atoms with Crippen molar-refractivity contribution in [3.05, 3.63) is 35.4 Å². The van der Waals surface area contributed by atoms with Crippen LogP contribution in [-0.2, 0) is 20.8 Å². The highest BCUT2D eigenvalue weighted by atomic mass is 16.6. The van der Waals surface area contributed by atoms with Gasteiger partial charge in [0.05, 0.1) is 13.2 Å². The molecule has 0 aliphatic carbocycles. The Kier molecular flexibility index (Phi) is 7.15. The van der Waals surface area contributed by atoms with Crippen molar-refractivity contribution in [2.75, 3.05) is 33.4 Å². The van der Waals surface area contributed by atoms with Crippen molar-refractivity contribution in [2.45, 2.75) is 20.4 Å². The number of aryl methyl sites for hydroxylation is 1. The topological polar surface area (TPSA) is 38.8 Å². The molecule has 0 heterocycles. The molecule has 0 radical (unpaired) electrons. The molecule has 0 saturated heterocycles. The van der Waals surface area contributed by atoms with Crippen LogP contribution in [0.15, 0.2) is 24.3 Å². The number of carbonyl (C=O) groups is 1. The summed E-state index contributed by atoms with van der Waals surface area (Å²) in [6.07, 6.45) is 0. The van der Waals surface area contributed by atoms with Gasteiger partial charge in [-0.1, -0.05) is 29.8 Å². The smallest absolute Gasteiger partial charge is 0.332 e.